The maximum absolute atomic E-state index is 10.0. The second-order valence-corrected chi connectivity index (χ2v) is 2.44. The predicted octanol–water partition coefficient (Wildman–Crippen LogP) is 0.655. The van der Waals surface area contributed by atoms with Crippen LogP contribution in [0.4, 0.5) is 0 Å². The third kappa shape index (κ3) is 3.23. The first kappa shape index (κ1) is 9.70. The number of carbonyl (C=O) groups excluding carboxylic acids is 1. The Balaban J connectivity index is 2.61. The zero-order chi connectivity index (χ0) is 9.52. The highest BCUT2D eigenvalue weighted by molar-refractivity contribution is 5.51. The van der Waals surface area contributed by atoms with Crippen LogP contribution in [0, 0.1) is 0 Å². The van der Waals surface area contributed by atoms with E-state index in [1.165, 1.54) is 0 Å². The molecule has 0 aliphatic carbocycles. The fourth-order valence-corrected chi connectivity index (χ4v) is 0.952. The molecule has 1 aromatic carbocycles. The molecule has 0 amide bonds. The highest BCUT2D eigenvalue weighted by atomic mass is 16.6. The van der Waals surface area contributed by atoms with Crippen LogP contribution >= 0.6 is 0 Å². The average molecular weight is 181 g/mol. The second-order valence-electron chi connectivity index (χ2n) is 2.44. The van der Waals surface area contributed by atoms with Crippen LogP contribution in [0.3, 0.4) is 0 Å². The Labute approximate surface area is 76.2 Å². The minimum absolute atomic E-state index is 0.0624. The first-order valence-corrected chi connectivity index (χ1v) is 3.84. The Morgan fingerprint density at radius 1 is 1.46 bits per heavy atom. The molecule has 2 N–H and O–H groups in total. The van der Waals surface area contributed by atoms with E-state index < -0.39 is 0 Å². The SMILES string of the molecule is NOCc1cccc(OCC=O)c1. The largest absolute Gasteiger partial charge is 0.486 e. The van der Waals surface area contributed by atoms with Crippen LogP contribution in [0.5, 0.6) is 5.75 Å². The lowest BCUT2D eigenvalue weighted by Crippen LogP contribution is -2.01. The normalized spacial score (nSPS) is 9.62. The summed E-state index contributed by atoms with van der Waals surface area (Å²) in [7, 11) is 0. The van der Waals surface area contributed by atoms with Gasteiger partial charge in [-0.1, -0.05) is 12.1 Å². The molecule has 0 saturated heterocycles. The van der Waals surface area contributed by atoms with Crippen LogP contribution in [-0.4, -0.2) is 12.9 Å². The zero-order valence-electron chi connectivity index (χ0n) is 7.10. The van der Waals surface area contributed by atoms with Crippen LogP contribution in [0.2, 0.25) is 0 Å². The molecule has 1 rings (SSSR count). The van der Waals surface area contributed by atoms with Crippen LogP contribution in [0.15, 0.2) is 24.3 Å². The first-order chi connectivity index (χ1) is 6.36. The van der Waals surface area contributed by atoms with Crippen molar-refractivity contribution in [2.75, 3.05) is 6.61 Å². The standard InChI is InChI=1S/C9H11NO3/c10-13-7-8-2-1-3-9(6-8)12-5-4-11/h1-4,6H,5,7,10H2. The molecule has 4 heteroatoms. The summed E-state index contributed by atoms with van der Waals surface area (Å²) in [6, 6.07) is 7.22. The van der Waals surface area contributed by atoms with Crippen molar-refractivity contribution >= 4 is 6.29 Å². The molecule has 0 radical (unpaired) electrons. The number of benzene rings is 1. The Hall–Kier alpha value is -1.39. The van der Waals surface area contributed by atoms with Gasteiger partial charge in [-0.05, 0) is 17.7 Å². The molecule has 0 atom stereocenters. The van der Waals surface area contributed by atoms with Crippen molar-refractivity contribution in [3.63, 3.8) is 0 Å². The number of carbonyl (C=O) groups is 1. The van der Waals surface area contributed by atoms with E-state index >= 15 is 0 Å². The van der Waals surface area contributed by atoms with Gasteiger partial charge >= 0.3 is 0 Å². The van der Waals surface area contributed by atoms with Gasteiger partial charge in [0.2, 0.25) is 0 Å². The molecular weight excluding hydrogens is 170 g/mol. The fourth-order valence-electron chi connectivity index (χ4n) is 0.952. The van der Waals surface area contributed by atoms with Crippen LogP contribution < -0.4 is 10.6 Å². The van der Waals surface area contributed by atoms with E-state index in [1.807, 2.05) is 12.1 Å². The molecule has 1 aromatic rings. The molecule has 4 nitrogen and oxygen atoms in total. The van der Waals surface area contributed by atoms with Crippen LogP contribution in [0.25, 0.3) is 0 Å². The van der Waals surface area contributed by atoms with Gasteiger partial charge in [0.25, 0.3) is 0 Å². The number of aldehydes is 1. The van der Waals surface area contributed by atoms with Gasteiger partial charge in [-0.3, -0.25) is 9.63 Å². The lowest BCUT2D eigenvalue weighted by atomic mass is 10.2. The average Bonchev–Trinajstić information content (AvgIpc) is 2.16. The van der Waals surface area contributed by atoms with Crippen molar-refractivity contribution < 1.29 is 14.4 Å². The summed E-state index contributed by atoms with van der Waals surface area (Å²) >= 11 is 0. The van der Waals surface area contributed by atoms with Gasteiger partial charge in [0.15, 0.2) is 6.29 Å². The van der Waals surface area contributed by atoms with Gasteiger partial charge in [0.1, 0.15) is 12.4 Å². The summed E-state index contributed by atoms with van der Waals surface area (Å²) in [5.74, 6) is 5.55. The Kier molecular flexibility index (Phi) is 3.95. The molecule has 13 heavy (non-hydrogen) atoms. The lowest BCUT2D eigenvalue weighted by Gasteiger charge is -2.03. The van der Waals surface area contributed by atoms with E-state index in [2.05, 4.69) is 4.84 Å². The van der Waals surface area contributed by atoms with Crippen molar-refractivity contribution in [2.24, 2.45) is 5.90 Å². The quantitative estimate of drug-likeness (QED) is 0.535. The van der Waals surface area contributed by atoms with Gasteiger partial charge in [-0.2, -0.15) is 0 Å². The zero-order valence-corrected chi connectivity index (χ0v) is 7.10. The number of hydrogen-bond donors (Lipinski definition) is 1. The molecule has 0 heterocycles. The maximum Gasteiger partial charge on any atom is 0.157 e. The molecule has 0 aliphatic rings. The summed E-state index contributed by atoms with van der Waals surface area (Å²) in [6.07, 6.45) is 0.701. The highest BCUT2D eigenvalue weighted by Crippen LogP contribution is 2.13. The molecule has 0 fully saturated rings. The van der Waals surface area contributed by atoms with Crippen LogP contribution in [-0.2, 0) is 16.2 Å². The van der Waals surface area contributed by atoms with Gasteiger partial charge in [0.05, 0.1) is 6.61 Å². The van der Waals surface area contributed by atoms with E-state index in [0.717, 1.165) is 5.56 Å². The third-order valence-electron chi connectivity index (χ3n) is 1.47. The molecule has 0 unspecified atom stereocenters. The van der Waals surface area contributed by atoms with E-state index in [0.29, 0.717) is 18.6 Å². The Bertz CT molecular complexity index is 275. The van der Waals surface area contributed by atoms with Gasteiger partial charge in [0, 0.05) is 0 Å². The summed E-state index contributed by atoms with van der Waals surface area (Å²) < 4.78 is 5.08. The molecule has 0 aromatic heterocycles. The maximum atomic E-state index is 10.0. The van der Waals surface area contributed by atoms with Gasteiger partial charge in [-0.25, -0.2) is 5.90 Å². The van der Waals surface area contributed by atoms with Gasteiger partial charge in [-0.15, -0.1) is 0 Å². The lowest BCUT2D eigenvalue weighted by molar-refractivity contribution is -0.109. The van der Waals surface area contributed by atoms with E-state index in [4.69, 9.17) is 10.6 Å². The topological polar surface area (TPSA) is 61.6 Å². The second kappa shape index (κ2) is 5.29. The van der Waals surface area contributed by atoms with Crippen molar-refractivity contribution in [2.45, 2.75) is 6.61 Å². The van der Waals surface area contributed by atoms with E-state index in [1.54, 1.807) is 12.1 Å². The summed E-state index contributed by atoms with van der Waals surface area (Å²) in [6.45, 7) is 0.394. The van der Waals surface area contributed by atoms with E-state index in [-0.39, 0.29) is 6.61 Å². The molecule has 0 aliphatic heterocycles. The molecule has 0 spiro atoms. The smallest absolute Gasteiger partial charge is 0.157 e. The van der Waals surface area contributed by atoms with Crippen molar-refractivity contribution in [3.05, 3.63) is 29.8 Å². The number of ether oxygens (including phenoxy) is 1. The molecule has 0 saturated carbocycles. The fraction of sp³-hybridized carbons (Fsp3) is 0.222. The summed E-state index contributed by atoms with van der Waals surface area (Å²) in [5, 5.41) is 0. The number of rotatable bonds is 5. The molecule has 0 bridgehead atoms. The minimum Gasteiger partial charge on any atom is -0.486 e. The van der Waals surface area contributed by atoms with Gasteiger partial charge < -0.3 is 4.74 Å². The number of hydrogen-bond acceptors (Lipinski definition) is 4. The summed E-state index contributed by atoms with van der Waals surface area (Å²) in [5.41, 5.74) is 0.908. The van der Waals surface area contributed by atoms with Crippen molar-refractivity contribution in [3.8, 4) is 5.75 Å². The number of nitrogens with two attached hydrogens (primary N) is 1. The van der Waals surface area contributed by atoms with Crippen molar-refractivity contribution in [1.82, 2.24) is 0 Å². The predicted molar refractivity (Wildman–Crippen MR) is 47.0 cm³/mol. The van der Waals surface area contributed by atoms with Crippen molar-refractivity contribution in [1.29, 1.82) is 0 Å². The molecule has 70 valence electrons. The van der Waals surface area contributed by atoms with Crippen LogP contribution in [0.1, 0.15) is 5.56 Å². The Morgan fingerprint density at radius 3 is 3.00 bits per heavy atom. The third-order valence-corrected chi connectivity index (χ3v) is 1.47. The summed E-state index contributed by atoms with van der Waals surface area (Å²) in [4.78, 5) is 14.5. The highest BCUT2D eigenvalue weighted by Gasteiger charge is 1.95. The first-order valence-electron chi connectivity index (χ1n) is 3.84. The molecular formula is C9H11NO3. The minimum atomic E-state index is 0.0624. The van der Waals surface area contributed by atoms with E-state index in [9.17, 15) is 4.79 Å². The monoisotopic (exact) mass is 181 g/mol. The Morgan fingerprint density at radius 2 is 2.31 bits per heavy atom.